The van der Waals surface area contributed by atoms with Crippen molar-refractivity contribution >= 4 is 17.9 Å². The standard InChI is InChI=1S/C20H22FN3O2/c21-17-12-16(6-7-18(25)26)13-23-19(17)24-20(10-11-22-14-20)9-8-15-4-2-1-3-5-15/h1-7,12-13,22H,8-11,14H2,(H,23,24)(H,25,26)/b7-6+/t20-/m1/s1. The van der Waals surface area contributed by atoms with Crippen molar-refractivity contribution in [2.45, 2.75) is 24.8 Å². The summed E-state index contributed by atoms with van der Waals surface area (Å²) in [7, 11) is 0. The molecule has 0 spiro atoms. The van der Waals surface area contributed by atoms with Gasteiger partial charge in [0.2, 0.25) is 0 Å². The first-order valence-electron chi connectivity index (χ1n) is 8.66. The van der Waals surface area contributed by atoms with Crippen LogP contribution in [0, 0.1) is 5.82 Å². The number of hydrogen-bond donors (Lipinski definition) is 3. The van der Waals surface area contributed by atoms with Crippen molar-refractivity contribution in [1.29, 1.82) is 0 Å². The van der Waals surface area contributed by atoms with Crippen LogP contribution in [0.1, 0.15) is 24.0 Å². The van der Waals surface area contributed by atoms with Gasteiger partial charge in [0, 0.05) is 18.8 Å². The van der Waals surface area contributed by atoms with E-state index in [9.17, 15) is 9.18 Å². The van der Waals surface area contributed by atoms with Crippen molar-refractivity contribution in [3.8, 4) is 0 Å². The monoisotopic (exact) mass is 355 g/mol. The van der Waals surface area contributed by atoms with E-state index in [0.717, 1.165) is 38.4 Å². The second kappa shape index (κ2) is 8.10. The smallest absolute Gasteiger partial charge is 0.328 e. The van der Waals surface area contributed by atoms with Gasteiger partial charge in [-0.05, 0) is 49.1 Å². The summed E-state index contributed by atoms with van der Waals surface area (Å²) in [6.07, 6.45) is 6.42. The average Bonchev–Trinajstić information content (AvgIpc) is 3.10. The van der Waals surface area contributed by atoms with Crippen LogP contribution in [0.15, 0.2) is 48.7 Å². The summed E-state index contributed by atoms with van der Waals surface area (Å²) in [5, 5.41) is 15.3. The molecule has 1 aromatic carbocycles. The molecule has 0 saturated carbocycles. The number of carboxylic acids is 1. The summed E-state index contributed by atoms with van der Waals surface area (Å²) in [5.74, 6) is -1.36. The van der Waals surface area contributed by atoms with E-state index >= 15 is 0 Å². The van der Waals surface area contributed by atoms with Crippen LogP contribution in [0.5, 0.6) is 0 Å². The molecule has 2 heterocycles. The minimum absolute atomic E-state index is 0.203. The number of nitrogens with zero attached hydrogens (tertiary/aromatic N) is 1. The molecule has 1 aromatic heterocycles. The van der Waals surface area contributed by atoms with Crippen LogP contribution in [0.25, 0.3) is 6.08 Å². The lowest BCUT2D eigenvalue weighted by atomic mass is 9.90. The second-order valence-corrected chi connectivity index (χ2v) is 6.59. The molecule has 1 aliphatic heterocycles. The molecule has 5 nitrogen and oxygen atoms in total. The van der Waals surface area contributed by atoms with Gasteiger partial charge >= 0.3 is 5.97 Å². The molecule has 0 amide bonds. The zero-order valence-electron chi connectivity index (χ0n) is 14.4. The van der Waals surface area contributed by atoms with Gasteiger partial charge in [-0.1, -0.05) is 30.3 Å². The number of aliphatic carboxylic acids is 1. The number of pyridine rings is 1. The maximum Gasteiger partial charge on any atom is 0.328 e. The highest BCUT2D eigenvalue weighted by Crippen LogP contribution is 2.27. The lowest BCUT2D eigenvalue weighted by molar-refractivity contribution is -0.131. The van der Waals surface area contributed by atoms with Crippen molar-refractivity contribution in [2.24, 2.45) is 0 Å². The third-order valence-corrected chi connectivity index (χ3v) is 4.64. The van der Waals surface area contributed by atoms with Crippen molar-refractivity contribution < 1.29 is 14.3 Å². The fraction of sp³-hybridized carbons (Fsp3) is 0.300. The van der Waals surface area contributed by atoms with E-state index in [4.69, 9.17) is 5.11 Å². The number of carboxylic acid groups (broad SMARTS) is 1. The Morgan fingerprint density at radius 1 is 1.38 bits per heavy atom. The van der Waals surface area contributed by atoms with Gasteiger partial charge < -0.3 is 15.7 Å². The van der Waals surface area contributed by atoms with Gasteiger partial charge in [-0.25, -0.2) is 14.2 Å². The Kier molecular flexibility index (Phi) is 5.63. The molecule has 0 radical (unpaired) electrons. The lowest BCUT2D eigenvalue weighted by Gasteiger charge is -2.30. The summed E-state index contributed by atoms with van der Waals surface area (Å²) in [6, 6.07) is 11.5. The topological polar surface area (TPSA) is 74.2 Å². The average molecular weight is 355 g/mol. The number of aromatic nitrogens is 1. The Morgan fingerprint density at radius 3 is 2.85 bits per heavy atom. The van der Waals surface area contributed by atoms with Crippen LogP contribution in [-0.2, 0) is 11.2 Å². The van der Waals surface area contributed by atoms with E-state index in [-0.39, 0.29) is 11.4 Å². The minimum Gasteiger partial charge on any atom is -0.478 e. The largest absolute Gasteiger partial charge is 0.478 e. The fourth-order valence-electron chi connectivity index (χ4n) is 3.21. The van der Waals surface area contributed by atoms with Crippen LogP contribution in [0.4, 0.5) is 10.2 Å². The van der Waals surface area contributed by atoms with E-state index < -0.39 is 11.8 Å². The van der Waals surface area contributed by atoms with Gasteiger partial charge in [-0.15, -0.1) is 0 Å². The third kappa shape index (κ3) is 4.67. The first-order valence-corrected chi connectivity index (χ1v) is 8.66. The van der Waals surface area contributed by atoms with Gasteiger partial charge in [0.1, 0.15) is 0 Å². The quantitative estimate of drug-likeness (QED) is 0.666. The molecule has 3 N–H and O–H groups in total. The highest BCUT2D eigenvalue weighted by molar-refractivity contribution is 5.85. The Balaban J connectivity index is 1.72. The van der Waals surface area contributed by atoms with Gasteiger partial charge in [0.05, 0.1) is 5.54 Å². The lowest BCUT2D eigenvalue weighted by Crippen LogP contribution is -2.41. The molecular formula is C20H22FN3O2. The Bertz CT molecular complexity index is 787. The Labute approximate surface area is 152 Å². The predicted molar refractivity (Wildman–Crippen MR) is 99.5 cm³/mol. The van der Waals surface area contributed by atoms with E-state index in [1.807, 2.05) is 18.2 Å². The molecule has 0 bridgehead atoms. The molecule has 2 aromatic rings. The maximum atomic E-state index is 14.4. The van der Waals surface area contributed by atoms with E-state index in [2.05, 4.69) is 27.8 Å². The summed E-state index contributed by atoms with van der Waals surface area (Å²) in [4.78, 5) is 14.7. The van der Waals surface area contributed by atoms with Crippen LogP contribution in [0.3, 0.4) is 0 Å². The first kappa shape index (κ1) is 18.1. The van der Waals surface area contributed by atoms with Crippen LogP contribution in [0.2, 0.25) is 0 Å². The summed E-state index contributed by atoms with van der Waals surface area (Å²) >= 11 is 0. The number of aryl methyl sites for hydroxylation is 1. The van der Waals surface area contributed by atoms with Crippen molar-refractivity contribution in [3.63, 3.8) is 0 Å². The molecule has 1 saturated heterocycles. The van der Waals surface area contributed by atoms with Crippen LogP contribution >= 0.6 is 0 Å². The number of anilines is 1. The highest BCUT2D eigenvalue weighted by Gasteiger charge is 2.34. The van der Waals surface area contributed by atoms with Gasteiger partial charge in [0.25, 0.3) is 0 Å². The molecule has 0 aliphatic carbocycles. The molecule has 26 heavy (non-hydrogen) atoms. The number of nitrogens with one attached hydrogen (secondary N) is 2. The van der Waals surface area contributed by atoms with Gasteiger partial charge in [0.15, 0.2) is 11.6 Å². The number of rotatable bonds is 7. The fourth-order valence-corrected chi connectivity index (χ4v) is 3.21. The van der Waals surface area contributed by atoms with Crippen molar-refractivity contribution in [2.75, 3.05) is 18.4 Å². The maximum absolute atomic E-state index is 14.4. The molecule has 1 fully saturated rings. The number of carbonyl (C=O) groups is 1. The summed E-state index contributed by atoms with van der Waals surface area (Å²) in [5.41, 5.74) is 1.42. The third-order valence-electron chi connectivity index (χ3n) is 4.64. The van der Waals surface area contributed by atoms with E-state index in [1.165, 1.54) is 23.9 Å². The van der Waals surface area contributed by atoms with E-state index in [0.29, 0.717) is 5.56 Å². The molecule has 1 aliphatic rings. The first-order chi connectivity index (χ1) is 12.6. The predicted octanol–water partition coefficient (Wildman–Crippen LogP) is 3.10. The molecule has 0 unspecified atom stereocenters. The number of halogens is 1. The Morgan fingerprint density at radius 2 is 2.19 bits per heavy atom. The molecule has 136 valence electrons. The molecular weight excluding hydrogens is 333 g/mol. The van der Waals surface area contributed by atoms with Gasteiger partial charge in [-0.3, -0.25) is 0 Å². The molecule has 6 heteroatoms. The van der Waals surface area contributed by atoms with Crippen molar-refractivity contribution in [3.05, 3.63) is 65.6 Å². The SMILES string of the molecule is O=C(O)/C=C/c1cnc(N[C@]2(CCc3ccccc3)CCNC2)c(F)c1. The summed E-state index contributed by atoms with van der Waals surface area (Å²) < 4.78 is 14.4. The highest BCUT2D eigenvalue weighted by atomic mass is 19.1. The zero-order valence-corrected chi connectivity index (χ0v) is 14.4. The zero-order chi connectivity index (χ0) is 18.4. The molecule has 1 atom stereocenters. The number of benzene rings is 1. The van der Waals surface area contributed by atoms with Crippen molar-refractivity contribution in [1.82, 2.24) is 10.3 Å². The summed E-state index contributed by atoms with van der Waals surface area (Å²) in [6.45, 7) is 1.63. The van der Waals surface area contributed by atoms with Crippen LogP contribution in [-0.4, -0.2) is 34.7 Å². The second-order valence-electron chi connectivity index (χ2n) is 6.59. The van der Waals surface area contributed by atoms with Crippen LogP contribution < -0.4 is 10.6 Å². The normalized spacial score (nSPS) is 19.7. The molecule has 3 rings (SSSR count). The van der Waals surface area contributed by atoms with E-state index in [1.54, 1.807) is 0 Å². The number of hydrogen-bond acceptors (Lipinski definition) is 4. The van der Waals surface area contributed by atoms with Gasteiger partial charge in [-0.2, -0.15) is 0 Å². The Hall–Kier alpha value is -2.73. The minimum atomic E-state index is -1.08.